The van der Waals surface area contributed by atoms with E-state index in [0.29, 0.717) is 24.7 Å². The van der Waals surface area contributed by atoms with Crippen LogP contribution in [0.2, 0.25) is 5.15 Å². The number of carbonyl (C=O) groups is 1. The summed E-state index contributed by atoms with van der Waals surface area (Å²) in [6, 6.07) is 15.3. The van der Waals surface area contributed by atoms with E-state index in [9.17, 15) is 4.79 Å². The zero-order valence-electron chi connectivity index (χ0n) is 16.1. The number of ether oxygens (including phenoxy) is 1. The van der Waals surface area contributed by atoms with Crippen LogP contribution in [-0.4, -0.2) is 22.5 Å². The van der Waals surface area contributed by atoms with Crippen LogP contribution in [0.5, 0.6) is 0 Å². The van der Waals surface area contributed by atoms with Gasteiger partial charge in [-0.25, -0.2) is 9.78 Å². The Morgan fingerprint density at radius 2 is 2.07 bits per heavy atom. The van der Waals surface area contributed by atoms with Crippen LogP contribution in [0.25, 0.3) is 11.1 Å². The van der Waals surface area contributed by atoms with Gasteiger partial charge in [0.2, 0.25) is 5.95 Å². The zero-order valence-corrected chi connectivity index (χ0v) is 16.8. The van der Waals surface area contributed by atoms with E-state index in [4.69, 9.17) is 21.6 Å². The average molecular weight is 407 g/mol. The molecule has 3 aromatic rings. The van der Waals surface area contributed by atoms with Crippen molar-refractivity contribution in [1.82, 2.24) is 9.97 Å². The highest BCUT2D eigenvalue weighted by molar-refractivity contribution is 6.30. The maximum atomic E-state index is 12.0. The van der Waals surface area contributed by atoms with E-state index in [2.05, 4.69) is 15.3 Å². The molecule has 0 amide bonds. The Hall–Kier alpha value is -3.43. The number of esters is 1. The van der Waals surface area contributed by atoms with Gasteiger partial charge in [0, 0.05) is 6.54 Å². The standard InChI is InChI=1S/C22H19ClN4O2/c1-3-29-21(28)16-7-4-6-15(10-16)19-9-5-8-17(14(19)2)12-25-22-26-13-18(11-24)20(23)27-22/h4-10,13H,3,12H2,1-2H3,(H,25,26,27). The molecule has 6 nitrogen and oxygen atoms in total. The number of hydrogen-bond acceptors (Lipinski definition) is 6. The molecular formula is C22H19ClN4O2. The summed E-state index contributed by atoms with van der Waals surface area (Å²) in [5.74, 6) is 0.0165. The van der Waals surface area contributed by atoms with Crippen LogP contribution in [0.1, 0.15) is 34.0 Å². The number of nitriles is 1. The first-order chi connectivity index (χ1) is 14.0. The maximum Gasteiger partial charge on any atom is 0.338 e. The first-order valence-electron chi connectivity index (χ1n) is 9.06. The Kier molecular flexibility index (Phi) is 6.43. The third-order valence-corrected chi connectivity index (χ3v) is 4.72. The summed E-state index contributed by atoms with van der Waals surface area (Å²) in [5.41, 5.74) is 4.83. The number of halogens is 1. The highest BCUT2D eigenvalue weighted by Crippen LogP contribution is 2.27. The van der Waals surface area contributed by atoms with E-state index in [1.165, 1.54) is 6.20 Å². The van der Waals surface area contributed by atoms with Crippen molar-refractivity contribution >= 4 is 23.5 Å². The van der Waals surface area contributed by atoms with Gasteiger partial charge in [0.15, 0.2) is 5.15 Å². The van der Waals surface area contributed by atoms with Gasteiger partial charge in [0.05, 0.1) is 18.4 Å². The lowest BCUT2D eigenvalue weighted by Gasteiger charge is -2.13. The molecule has 0 bridgehead atoms. The van der Waals surface area contributed by atoms with Crippen molar-refractivity contribution in [2.24, 2.45) is 0 Å². The fourth-order valence-corrected chi connectivity index (χ4v) is 3.08. The Morgan fingerprint density at radius 3 is 2.79 bits per heavy atom. The van der Waals surface area contributed by atoms with E-state index >= 15 is 0 Å². The molecule has 1 aromatic heterocycles. The number of aromatic nitrogens is 2. The Morgan fingerprint density at radius 1 is 1.28 bits per heavy atom. The van der Waals surface area contributed by atoms with E-state index in [0.717, 1.165) is 22.3 Å². The van der Waals surface area contributed by atoms with Crippen molar-refractivity contribution in [3.05, 3.63) is 76.1 Å². The third-order valence-electron chi connectivity index (χ3n) is 4.43. The SMILES string of the molecule is CCOC(=O)c1cccc(-c2cccc(CNc3ncc(C#N)c(Cl)n3)c2C)c1. The molecule has 29 heavy (non-hydrogen) atoms. The second kappa shape index (κ2) is 9.18. The van der Waals surface area contributed by atoms with Crippen molar-refractivity contribution in [2.75, 3.05) is 11.9 Å². The number of rotatable bonds is 6. The number of nitrogens with one attached hydrogen (secondary N) is 1. The molecule has 0 saturated heterocycles. The molecule has 1 N–H and O–H groups in total. The van der Waals surface area contributed by atoms with E-state index in [1.807, 2.05) is 49.4 Å². The van der Waals surface area contributed by atoms with Gasteiger partial charge in [0.25, 0.3) is 0 Å². The summed E-state index contributed by atoms with van der Waals surface area (Å²) in [7, 11) is 0. The number of hydrogen-bond donors (Lipinski definition) is 1. The normalized spacial score (nSPS) is 10.3. The molecule has 0 fully saturated rings. The summed E-state index contributed by atoms with van der Waals surface area (Å²) in [6.07, 6.45) is 1.39. The topological polar surface area (TPSA) is 87.9 Å². The molecule has 0 aliphatic carbocycles. The van der Waals surface area contributed by atoms with Crippen molar-refractivity contribution in [2.45, 2.75) is 20.4 Å². The quantitative estimate of drug-likeness (QED) is 0.468. The summed E-state index contributed by atoms with van der Waals surface area (Å²) in [6.45, 7) is 4.63. The van der Waals surface area contributed by atoms with E-state index in [-0.39, 0.29) is 16.7 Å². The Bertz CT molecular complexity index is 1090. The smallest absolute Gasteiger partial charge is 0.338 e. The minimum atomic E-state index is -0.334. The van der Waals surface area contributed by atoms with Crippen molar-refractivity contribution < 1.29 is 9.53 Å². The minimum Gasteiger partial charge on any atom is -0.462 e. The molecule has 0 radical (unpaired) electrons. The van der Waals surface area contributed by atoms with Gasteiger partial charge in [-0.1, -0.05) is 41.9 Å². The molecule has 1 heterocycles. The van der Waals surface area contributed by atoms with Crippen LogP contribution in [0, 0.1) is 18.3 Å². The molecule has 146 valence electrons. The zero-order chi connectivity index (χ0) is 20.8. The second-order valence-corrected chi connectivity index (χ2v) is 6.61. The highest BCUT2D eigenvalue weighted by atomic mass is 35.5. The molecule has 0 atom stereocenters. The van der Waals surface area contributed by atoms with Gasteiger partial charge >= 0.3 is 5.97 Å². The predicted octanol–water partition coefficient (Wildman–Crippen LogP) is 4.77. The molecule has 0 aliphatic heterocycles. The minimum absolute atomic E-state index is 0.117. The second-order valence-electron chi connectivity index (χ2n) is 6.25. The summed E-state index contributed by atoms with van der Waals surface area (Å²) >= 11 is 5.96. The van der Waals surface area contributed by atoms with Gasteiger partial charge in [-0.15, -0.1) is 0 Å². The highest BCUT2D eigenvalue weighted by Gasteiger charge is 2.11. The van der Waals surface area contributed by atoms with Crippen LogP contribution in [-0.2, 0) is 11.3 Å². The van der Waals surface area contributed by atoms with Crippen molar-refractivity contribution in [3.63, 3.8) is 0 Å². The lowest BCUT2D eigenvalue weighted by Crippen LogP contribution is -2.06. The number of anilines is 1. The van der Waals surface area contributed by atoms with E-state index < -0.39 is 0 Å². The summed E-state index contributed by atoms with van der Waals surface area (Å²) in [5, 5.41) is 12.2. The summed E-state index contributed by atoms with van der Waals surface area (Å²) in [4.78, 5) is 20.2. The first-order valence-corrected chi connectivity index (χ1v) is 9.43. The molecule has 0 spiro atoms. The molecule has 3 rings (SSSR count). The van der Waals surface area contributed by atoms with Gasteiger partial charge in [-0.05, 0) is 48.2 Å². The van der Waals surface area contributed by atoms with Crippen LogP contribution in [0.3, 0.4) is 0 Å². The third kappa shape index (κ3) is 4.71. The summed E-state index contributed by atoms with van der Waals surface area (Å²) < 4.78 is 5.09. The van der Waals surface area contributed by atoms with E-state index in [1.54, 1.807) is 13.0 Å². The van der Waals surface area contributed by atoms with Crippen LogP contribution < -0.4 is 5.32 Å². The van der Waals surface area contributed by atoms with Crippen LogP contribution in [0.4, 0.5) is 5.95 Å². The predicted molar refractivity (Wildman–Crippen MR) is 112 cm³/mol. The van der Waals surface area contributed by atoms with Crippen molar-refractivity contribution in [1.29, 1.82) is 5.26 Å². The molecule has 0 unspecified atom stereocenters. The molecular weight excluding hydrogens is 388 g/mol. The largest absolute Gasteiger partial charge is 0.462 e. The lowest BCUT2D eigenvalue weighted by molar-refractivity contribution is 0.0526. The monoisotopic (exact) mass is 406 g/mol. The fraction of sp³-hybridized carbons (Fsp3) is 0.182. The maximum absolute atomic E-state index is 12.0. The van der Waals surface area contributed by atoms with Crippen LogP contribution >= 0.6 is 11.6 Å². The van der Waals surface area contributed by atoms with Gasteiger partial charge < -0.3 is 10.1 Å². The first kappa shape index (κ1) is 20.3. The Labute approximate surface area is 174 Å². The van der Waals surface area contributed by atoms with Crippen molar-refractivity contribution in [3.8, 4) is 17.2 Å². The fourth-order valence-electron chi connectivity index (χ4n) is 2.91. The lowest BCUT2D eigenvalue weighted by atomic mass is 9.95. The molecule has 2 aromatic carbocycles. The Balaban J connectivity index is 1.83. The van der Waals surface area contributed by atoms with Gasteiger partial charge in [0.1, 0.15) is 11.6 Å². The number of benzene rings is 2. The van der Waals surface area contributed by atoms with Gasteiger partial charge in [-0.3, -0.25) is 0 Å². The molecule has 0 saturated carbocycles. The number of carbonyl (C=O) groups excluding carboxylic acids is 1. The molecule has 7 heteroatoms. The number of nitrogens with zero attached hydrogens (tertiary/aromatic N) is 3. The van der Waals surface area contributed by atoms with Crippen LogP contribution in [0.15, 0.2) is 48.7 Å². The van der Waals surface area contributed by atoms with Gasteiger partial charge in [-0.2, -0.15) is 10.2 Å². The molecule has 0 aliphatic rings. The average Bonchev–Trinajstić information content (AvgIpc) is 2.73.